The molecule has 0 fully saturated rings. The number of hydrogen-bond donors (Lipinski definition) is 1. The first-order valence-electron chi connectivity index (χ1n) is 7.53. The van der Waals surface area contributed by atoms with Gasteiger partial charge in [0.1, 0.15) is 6.33 Å². The molecule has 0 spiro atoms. The summed E-state index contributed by atoms with van der Waals surface area (Å²) in [5, 5.41) is 4.21. The molecule has 0 bridgehead atoms. The van der Waals surface area contributed by atoms with Gasteiger partial charge in [0, 0.05) is 10.7 Å². The Morgan fingerprint density at radius 2 is 1.96 bits per heavy atom. The number of carbonyl (C=O) groups excluding carboxylic acids is 1. The largest absolute Gasteiger partial charge is 0.467 e. The van der Waals surface area contributed by atoms with Gasteiger partial charge in [-0.25, -0.2) is 9.97 Å². The molecule has 3 aromatic rings. The van der Waals surface area contributed by atoms with Gasteiger partial charge in [-0.05, 0) is 37.6 Å². The first kappa shape index (κ1) is 17.5. The number of halogens is 2. The van der Waals surface area contributed by atoms with Gasteiger partial charge in [0.2, 0.25) is 5.88 Å². The van der Waals surface area contributed by atoms with Crippen molar-refractivity contribution in [3.63, 3.8) is 0 Å². The van der Waals surface area contributed by atoms with E-state index in [1.54, 1.807) is 12.1 Å². The van der Waals surface area contributed by atoms with Gasteiger partial charge in [-0.3, -0.25) is 4.79 Å². The SMILES string of the molecule is Cc1ccc(NC(=O)COc2ncnc3c(Cl)cc(Cl)cc23)c(C)c1. The summed E-state index contributed by atoms with van der Waals surface area (Å²) in [6.45, 7) is 3.74. The van der Waals surface area contributed by atoms with Crippen molar-refractivity contribution in [2.75, 3.05) is 11.9 Å². The van der Waals surface area contributed by atoms with E-state index in [2.05, 4.69) is 15.3 Å². The molecule has 5 nitrogen and oxygen atoms in total. The van der Waals surface area contributed by atoms with Crippen molar-refractivity contribution in [1.82, 2.24) is 9.97 Å². The third kappa shape index (κ3) is 4.00. The molecule has 1 N–H and O–H groups in total. The average molecular weight is 376 g/mol. The lowest BCUT2D eigenvalue weighted by Gasteiger charge is -2.11. The van der Waals surface area contributed by atoms with Crippen LogP contribution in [0.1, 0.15) is 11.1 Å². The molecule has 1 amide bonds. The zero-order valence-corrected chi connectivity index (χ0v) is 15.1. The zero-order chi connectivity index (χ0) is 18.0. The summed E-state index contributed by atoms with van der Waals surface area (Å²) in [6.07, 6.45) is 1.33. The molecule has 0 unspecified atom stereocenters. The maximum Gasteiger partial charge on any atom is 0.262 e. The van der Waals surface area contributed by atoms with Crippen molar-refractivity contribution in [3.05, 3.63) is 57.8 Å². The van der Waals surface area contributed by atoms with Gasteiger partial charge in [0.05, 0.1) is 15.9 Å². The Balaban J connectivity index is 1.75. The van der Waals surface area contributed by atoms with Crippen molar-refractivity contribution in [1.29, 1.82) is 0 Å². The van der Waals surface area contributed by atoms with Crippen LogP contribution in [-0.4, -0.2) is 22.5 Å². The summed E-state index contributed by atoms with van der Waals surface area (Å²) in [6, 6.07) is 9.04. The smallest absolute Gasteiger partial charge is 0.262 e. The van der Waals surface area contributed by atoms with E-state index in [-0.39, 0.29) is 18.4 Å². The molecule has 7 heteroatoms. The minimum absolute atomic E-state index is 0.191. The van der Waals surface area contributed by atoms with E-state index in [1.807, 2.05) is 32.0 Å². The second-order valence-corrected chi connectivity index (χ2v) is 6.46. The Kier molecular flexibility index (Phi) is 5.06. The van der Waals surface area contributed by atoms with Crippen LogP contribution < -0.4 is 10.1 Å². The van der Waals surface area contributed by atoms with E-state index in [0.29, 0.717) is 20.9 Å². The maximum absolute atomic E-state index is 12.2. The molecule has 1 aromatic heterocycles. The Labute approximate surface area is 155 Å². The monoisotopic (exact) mass is 375 g/mol. The van der Waals surface area contributed by atoms with Crippen LogP contribution in [0.5, 0.6) is 5.88 Å². The van der Waals surface area contributed by atoms with Crippen LogP contribution in [-0.2, 0) is 4.79 Å². The number of aryl methyl sites for hydroxylation is 2. The first-order valence-corrected chi connectivity index (χ1v) is 8.29. The van der Waals surface area contributed by atoms with Gasteiger partial charge in [-0.2, -0.15) is 0 Å². The molecule has 3 rings (SSSR count). The lowest BCUT2D eigenvalue weighted by molar-refractivity contribution is -0.118. The first-order chi connectivity index (χ1) is 11.9. The number of carbonyl (C=O) groups is 1. The summed E-state index contributed by atoms with van der Waals surface area (Å²) in [5.41, 5.74) is 3.39. The molecule has 0 aliphatic carbocycles. The molecule has 1 heterocycles. The fourth-order valence-electron chi connectivity index (χ4n) is 2.46. The van der Waals surface area contributed by atoms with Gasteiger partial charge in [-0.1, -0.05) is 40.9 Å². The zero-order valence-electron chi connectivity index (χ0n) is 13.6. The topological polar surface area (TPSA) is 64.1 Å². The van der Waals surface area contributed by atoms with Crippen molar-refractivity contribution >= 4 is 45.7 Å². The number of ether oxygens (including phenoxy) is 1. The number of anilines is 1. The number of benzene rings is 2. The highest BCUT2D eigenvalue weighted by atomic mass is 35.5. The molecule has 0 aliphatic rings. The van der Waals surface area contributed by atoms with Crippen LogP contribution in [0.2, 0.25) is 10.0 Å². The summed E-state index contributed by atoms with van der Waals surface area (Å²) in [4.78, 5) is 20.3. The Morgan fingerprint density at radius 3 is 2.72 bits per heavy atom. The van der Waals surface area contributed by atoms with E-state index < -0.39 is 0 Å². The summed E-state index contributed by atoms with van der Waals surface area (Å²) >= 11 is 12.1. The molecule has 0 radical (unpaired) electrons. The highest BCUT2D eigenvalue weighted by Crippen LogP contribution is 2.30. The number of rotatable bonds is 4. The molecule has 0 saturated carbocycles. The highest BCUT2D eigenvalue weighted by Gasteiger charge is 2.12. The second kappa shape index (κ2) is 7.25. The minimum Gasteiger partial charge on any atom is -0.467 e. The Morgan fingerprint density at radius 1 is 1.16 bits per heavy atom. The van der Waals surface area contributed by atoms with Crippen LogP contribution in [0.25, 0.3) is 10.9 Å². The van der Waals surface area contributed by atoms with E-state index in [1.165, 1.54) is 6.33 Å². The fourth-order valence-corrected chi connectivity index (χ4v) is 3.00. The number of amides is 1. The summed E-state index contributed by atoms with van der Waals surface area (Å²) < 4.78 is 5.55. The average Bonchev–Trinajstić information content (AvgIpc) is 2.55. The number of nitrogens with zero attached hydrogens (tertiary/aromatic N) is 2. The summed E-state index contributed by atoms with van der Waals surface area (Å²) in [5.74, 6) is -0.0305. The lowest BCUT2D eigenvalue weighted by Crippen LogP contribution is -2.21. The third-order valence-corrected chi connectivity index (χ3v) is 4.12. The number of fused-ring (bicyclic) bond motifs is 1. The maximum atomic E-state index is 12.2. The van der Waals surface area contributed by atoms with Gasteiger partial charge in [-0.15, -0.1) is 0 Å². The number of hydrogen-bond acceptors (Lipinski definition) is 4. The van der Waals surface area contributed by atoms with Crippen molar-refractivity contribution < 1.29 is 9.53 Å². The van der Waals surface area contributed by atoms with E-state index in [9.17, 15) is 4.79 Å². The molecular formula is C18H15Cl2N3O2. The van der Waals surface area contributed by atoms with Gasteiger partial charge < -0.3 is 10.1 Å². The summed E-state index contributed by atoms with van der Waals surface area (Å²) in [7, 11) is 0. The normalized spacial score (nSPS) is 10.7. The van der Waals surface area contributed by atoms with Crippen LogP contribution in [0.4, 0.5) is 5.69 Å². The van der Waals surface area contributed by atoms with Gasteiger partial charge in [0.25, 0.3) is 5.91 Å². The van der Waals surface area contributed by atoms with E-state index in [4.69, 9.17) is 27.9 Å². The molecule has 2 aromatic carbocycles. The number of aromatic nitrogens is 2. The molecule has 0 aliphatic heterocycles. The van der Waals surface area contributed by atoms with Crippen LogP contribution in [0, 0.1) is 13.8 Å². The molecule has 0 atom stereocenters. The van der Waals surface area contributed by atoms with Crippen LogP contribution in [0.3, 0.4) is 0 Å². The third-order valence-electron chi connectivity index (χ3n) is 3.62. The van der Waals surface area contributed by atoms with Crippen molar-refractivity contribution in [2.24, 2.45) is 0 Å². The highest BCUT2D eigenvalue weighted by molar-refractivity contribution is 6.38. The van der Waals surface area contributed by atoms with Crippen LogP contribution in [0.15, 0.2) is 36.7 Å². The van der Waals surface area contributed by atoms with Gasteiger partial charge >= 0.3 is 0 Å². The van der Waals surface area contributed by atoms with Crippen LogP contribution >= 0.6 is 23.2 Å². The Hall–Kier alpha value is -2.37. The number of nitrogens with one attached hydrogen (secondary N) is 1. The molecular weight excluding hydrogens is 361 g/mol. The fraction of sp³-hybridized carbons (Fsp3) is 0.167. The predicted octanol–water partition coefficient (Wildman–Crippen LogP) is 4.57. The molecule has 25 heavy (non-hydrogen) atoms. The minimum atomic E-state index is -0.285. The van der Waals surface area contributed by atoms with Crippen molar-refractivity contribution in [3.8, 4) is 5.88 Å². The standard InChI is InChI=1S/C18H15Cl2N3O2/c1-10-3-4-15(11(2)5-10)23-16(24)8-25-18-13-6-12(19)7-14(20)17(13)21-9-22-18/h3-7,9H,8H2,1-2H3,(H,23,24). The van der Waals surface area contributed by atoms with E-state index in [0.717, 1.165) is 16.8 Å². The predicted molar refractivity (Wildman–Crippen MR) is 99.6 cm³/mol. The Bertz CT molecular complexity index is 960. The molecule has 128 valence electrons. The van der Waals surface area contributed by atoms with Crippen molar-refractivity contribution in [2.45, 2.75) is 13.8 Å². The molecule has 0 saturated heterocycles. The second-order valence-electron chi connectivity index (χ2n) is 5.62. The quantitative estimate of drug-likeness (QED) is 0.725. The lowest BCUT2D eigenvalue weighted by atomic mass is 10.1. The van der Waals surface area contributed by atoms with Gasteiger partial charge in [0.15, 0.2) is 6.61 Å². The van der Waals surface area contributed by atoms with E-state index >= 15 is 0 Å².